The Morgan fingerprint density at radius 3 is 2.59 bits per heavy atom. The normalized spacial score (nSPS) is 16.5. The molecule has 0 radical (unpaired) electrons. The van der Waals surface area contributed by atoms with Crippen LogP contribution in [0.25, 0.3) is 0 Å². The quantitative estimate of drug-likeness (QED) is 0.762. The van der Waals surface area contributed by atoms with Gasteiger partial charge in [0.05, 0.1) is 0 Å². The molecule has 0 aromatic heterocycles. The van der Waals surface area contributed by atoms with Gasteiger partial charge in [-0.05, 0) is 44.3 Å². The Labute approximate surface area is 131 Å². The molecule has 1 aromatic rings. The highest BCUT2D eigenvalue weighted by atomic mass is 19.1. The molecule has 0 saturated carbocycles. The second-order valence-electron chi connectivity index (χ2n) is 5.59. The molecule has 1 amide bonds. The molecule has 0 aliphatic carbocycles. The van der Waals surface area contributed by atoms with Gasteiger partial charge in [0.25, 0.3) is 5.91 Å². The van der Waals surface area contributed by atoms with Gasteiger partial charge in [0.1, 0.15) is 11.6 Å². The van der Waals surface area contributed by atoms with Gasteiger partial charge in [-0.3, -0.25) is 4.79 Å². The van der Waals surface area contributed by atoms with Crippen LogP contribution in [0.3, 0.4) is 0 Å². The Balaban J connectivity index is 1.53. The van der Waals surface area contributed by atoms with E-state index in [0.29, 0.717) is 12.3 Å². The number of ether oxygens (including phenoxy) is 1. The standard InChI is InChI=1S/C16H24FN3O2/c1-19-9-11-20(12-10-19)8-2-7-18-16(21)13-22-15-5-3-14(17)4-6-15/h3-6H,2,7-13H2,1H3,(H,18,21). The average Bonchev–Trinajstić information content (AvgIpc) is 2.53. The predicted molar refractivity (Wildman–Crippen MR) is 83.5 cm³/mol. The van der Waals surface area contributed by atoms with Crippen LogP contribution >= 0.6 is 0 Å². The van der Waals surface area contributed by atoms with Crippen molar-refractivity contribution in [1.29, 1.82) is 0 Å². The van der Waals surface area contributed by atoms with Crippen molar-refractivity contribution in [3.63, 3.8) is 0 Å². The van der Waals surface area contributed by atoms with Crippen LogP contribution in [-0.4, -0.2) is 68.6 Å². The lowest BCUT2D eigenvalue weighted by Crippen LogP contribution is -2.45. The van der Waals surface area contributed by atoms with Crippen LogP contribution in [0, 0.1) is 5.82 Å². The van der Waals surface area contributed by atoms with E-state index in [1.165, 1.54) is 24.3 Å². The van der Waals surface area contributed by atoms with E-state index in [1.807, 2.05) is 0 Å². The fourth-order valence-electron chi connectivity index (χ4n) is 2.33. The maximum absolute atomic E-state index is 12.7. The van der Waals surface area contributed by atoms with Crippen molar-refractivity contribution in [3.05, 3.63) is 30.1 Å². The highest BCUT2D eigenvalue weighted by Crippen LogP contribution is 2.10. The molecule has 5 nitrogen and oxygen atoms in total. The summed E-state index contributed by atoms with van der Waals surface area (Å²) in [6.45, 7) is 6.02. The number of piperazine rings is 1. The van der Waals surface area contributed by atoms with E-state index in [4.69, 9.17) is 4.74 Å². The number of likely N-dealkylation sites (N-methyl/N-ethyl adjacent to an activating group) is 1. The van der Waals surface area contributed by atoms with Crippen LogP contribution in [0.15, 0.2) is 24.3 Å². The van der Waals surface area contributed by atoms with Gasteiger partial charge in [0.2, 0.25) is 0 Å². The molecule has 0 unspecified atom stereocenters. The molecule has 0 spiro atoms. The molecule has 1 heterocycles. The third kappa shape index (κ3) is 5.99. The highest BCUT2D eigenvalue weighted by Gasteiger charge is 2.12. The van der Waals surface area contributed by atoms with Crippen LogP contribution in [0.1, 0.15) is 6.42 Å². The van der Waals surface area contributed by atoms with Gasteiger partial charge in [0, 0.05) is 32.7 Å². The van der Waals surface area contributed by atoms with Crippen molar-refractivity contribution in [2.75, 3.05) is 52.9 Å². The predicted octanol–water partition coefficient (Wildman–Crippen LogP) is 0.958. The van der Waals surface area contributed by atoms with Crippen molar-refractivity contribution in [1.82, 2.24) is 15.1 Å². The Morgan fingerprint density at radius 2 is 1.91 bits per heavy atom. The van der Waals surface area contributed by atoms with E-state index in [-0.39, 0.29) is 18.3 Å². The van der Waals surface area contributed by atoms with Crippen LogP contribution in [-0.2, 0) is 4.79 Å². The lowest BCUT2D eigenvalue weighted by atomic mass is 10.3. The minimum atomic E-state index is -0.319. The van der Waals surface area contributed by atoms with Gasteiger partial charge in [-0.2, -0.15) is 0 Å². The molecule has 2 rings (SSSR count). The summed E-state index contributed by atoms with van der Waals surface area (Å²) >= 11 is 0. The summed E-state index contributed by atoms with van der Waals surface area (Å²) < 4.78 is 18.0. The van der Waals surface area contributed by atoms with Gasteiger partial charge >= 0.3 is 0 Å². The van der Waals surface area contributed by atoms with Gasteiger partial charge < -0.3 is 19.9 Å². The van der Waals surface area contributed by atoms with Crippen molar-refractivity contribution in [3.8, 4) is 5.75 Å². The maximum Gasteiger partial charge on any atom is 0.257 e. The van der Waals surface area contributed by atoms with Crippen molar-refractivity contribution in [2.24, 2.45) is 0 Å². The van der Waals surface area contributed by atoms with E-state index in [1.54, 1.807) is 0 Å². The number of benzene rings is 1. The molecule has 22 heavy (non-hydrogen) atoms. The average molecular weight is 309 g/mol. The van der Waals surface area contributed by atoms with Crippen molar-refractivity contribution in [2.45, 2.75) is 6.42 Å². The molecule has 6 heteroatoms. The smallest absolute Gasteiger partial charge is 0.257 e. The molecule has 1 aliphatic rings. The first-order chi connectivity index (χ1) is 10.6. The maximum atomic E-state index is 12.7. The molecule has 0 atom stereocenters. The second kappa shape index (κ2) is 8.70. The summed E-state index contributed by atoms with van der Waals surface area (Å²) in [6.07, 6.45) is 0.937. The van der Waals surface area contributed by atoms with E-state index in [0.717, 1.165) is 39.1 Å². The summed E-state index contributed by atoms with van der Waals surface area (Å²) in [5.74, 6) is 0.0254. The fourth-order valence-corrected chi connectivity index (χ4v) is 2.33. The minimum absolute atomic E-state index is 0.0415. The third-order valence-electron chi connectivity index (χ3n) is 3.75. The van der Waals surface area contributed by atoms with E-state index in [2.05, 4.69) is 22.2 Å². The second-order valence-corrected chi connectivity index (χ2v) is 5.59. The number of nitrogens with zero attached hydrogens (tertiary/aromatic N) is 2. The van der Waals surface area contributed by atoms with Crippen LogP contribution in [0.4, 0.5) is 4.39 Å². The first-order valence-electron chi connectivity index (χ1n) is 7.69. The van der Waals surface area contributed by atoms with Crippen LogP contribution in [0.5, 0.6) is 5.75 Å². The highest BCUT2D eigenvalue weighted by molar-refractivity contribution is 5.77. The Bertz CT molecular complexity index is 459. The van der Waals surface area contributed by atoms with E-state index >= 15 is 0 Å². The Kier molecular flexibility index (Phi) is 6.61. The lowest BCUT2D eigenvalue weighted by molar-refractivity contribution is -0.123. The van der Waals surface area contributed by atoms with Gasteiger partial charge in [-0.15, -0.1) is 0 Å². The summed E-state index contributed by atoms with van der Waals surface area (Å²) in [6, 6.07) is 5.64. The zero-order valence-electron chi connectivity index (χ0n) is 13.1. The molecule has 1 aromatic carbocycles. The number of carbonyl (C=O) groups excluding carboxylic acids is 1. The van der Waals surface area contributed by atoms with Gasteiger partial charge in [-0.1, -0.05) is 0 Å². The molecular formula is C16H24FN3O2. The van der Waals surface area contributed by atoms with E-state index in [9.17, 15) is 9.18 Å². The molecule has 1 N–H and O–H groups in total. The largest absolute Gasteiger partial charge is 0.484 e. The summed E-state index contributed by atoms with van der Waals surface area (Å²) in [5.41, 5.74) is 0. The third-order valence-corrected chi connectivity index (χ3v) is 3.75. The zero-order valence-corrected chi connectivity index (χ0v) is 13.1. The molecule has 122 valence electrons. The Morgan fingerprint density at radius 1 is 1.23 bits per heavy atom. The first-order valence-corrected chi connectivity index (χ1v) is 7.69. The molecule has 0 bridgehead atoms. The summed E-state index contributed by atoms with van der Waals surface area (Å²) in [7, 11) is 2.14. The number of carbonyl (C=O) groups is 1. The minimum Gasteiger partial charge on any atom is -0.484 e. The zero-order chi connectivity index (χ0) is 15.8. The number of halogens is 1. The van der Waals surface area contributed by atoms with Crippen molar-refractivity contribution >= 4 is 5.91 Å². The fraction of sp³-hybridized carbons (Fsp3) is 0.562. The van der Waals surface area contributed by atoms with Crippen LogP contribution in [0.2, 0.25) is 0 Å². The number of hydrogen-bond donors (Lipinski definition) is 1. The van der Waals surface area contributed by atoms with Gasteiger partial charge in [0.15, 0.2) is 6.61 Å². The molecular weight excluding hydrogens is 285 g/mol. The molecule has 1 fully saturated rings. The van der Waals surface area contributed by atoms with Crippen molar-refractivity contribution < 1.29 is 13.9 Å². The van der Waals surface area contributed by atoms with E-state index < -0.39 is 0 Å². The lowest BCUT2D eigenvalue weighted by Gasteiger charge is -2.32. The SMILES string of the molecule is CN1CCN(CCCNC(=O)COc2ccc(F)cc2)CC1. The topological polar surface area (TPSA) is 44.8 Å². The van der Waals surface area contributed by atoms with Crippen LogP contribution < -0.4 is 10.1 Å². The number of nitrogens with one attached hydrogen (secondary N) is 1. The molecule has 1 saturated heterocycles. The Hall–Kier alpha value is -1.66. The summed E-state index contributed by atoms with van der Waals surface area (Å²) in [4.78, 5) is 16.4. The van der Waals surface area contributed by atoms with Gasteiger partial charge in [-0.25, -0.2) is 4.39 Å². The number of rotatable bonds is 7. The monoisotopic (exact) mass is 309 g/mol. The summed E-state index contributed by atoms with van der Waals surface area (Å²) in [5, 5.41) is 2.84. The molecule has 1 aliphatic heterocycles. The number of amides is 1. The number of hydrogen-bond acceptors (Lipinski definition) is 4. The first kappa shape index (κ1) is 16.7.